The van der Waals surface area contributed by atoms with Crippen molar-refractivity contribution in [3.05, 3.63) is 0 Å². The van der Waals surface area contributed by atoms with E-state index in [2.05, 4.69) is 5.43 Å². The van der Waals surface area contributed by atoms with E-state index in [-0.39, 0.29) is 17.9 Å². The largest absolute Gasteiger partial charge is 0.444 e. The summed E-state index contributed by atoms with van der Waals surface area (Å²) in [5, 5.41) is 0. The van der Waals surface area contributed by atoms with Crippen molar-refractivity contribution >= 4 is 12.0 Å². The first-order valence-corrected chi connectivity index (χ1v) is 4.82. The molecule has 1 aliphatic rings. The monoisotopic (exact) mass is 215 g/mol. The summed E-state index contributed by atoms with van der Waals surface area (Å²) >= 11 is 0. The van der Waals surface area contributed by atoms with Gasteiger partial charge in [-0.1, -0.05) is 0 Å². The Balaban J connectivity index is 2.33. The first-order valence-electron chi connectivity index (χ1n) is 4.82. The van der Waals surface area contributed by atoms with E-state index in [1.807, 2.05) is 0 Å². The van der Waals surface area contributed by atoms with Gasteiger partial charge in [0.25, 0.3) is 0 Å². The van der Waals surface area contributed by atoms with E-state index in [9.17, 15) is 9.59 Å². The van der Waals surface area contributed by atoms with Crippen LogP contribution >= 0.6 is 0 Å². The number of nitrogens with two attached hydrogens (primary N) is 1. The minimum Gasteiger partial charge on any atom is -0.444 e. The lowest BCUT2D eigenvalue weighted by Gasteiger charge is -2.38. The fourth-order valence-corrected chi connectivity index (χ4v) is 1.24. The number of ether oxygens (including phenoxy) is 1. The number of hydrogen-bond donors (Lipinski definition) is 2. The highest BCUT2D eigenvalue weighted by Crippen LogP contribution is 2.19. The fraction of sp³-hybridized carbons (Fsp3) is 0.778. The van der Waals surface area contributed by atoms with E-state index in [0.717, 1.165) is 0 Å². The van der Waals surface area contributed by atoms with Crippen molar-refractivity contribution in [3.8, 4) is 0 Å². The Morgan fingerprint density at radius 2 is 1.93 bits per heavy atom. The topological polar surface area (TPSA) is 84.7 Å². The first-order chi connectivity index (χ1) is 6.83. The number of amides is 2. The molecule has 0 aromatic rings. The standard InChI is InChI=1S/C9H17N3O3/c1-9(2,3)15-8(14)12-4-6(5-12)7(13)11-10/h6H,4-5,10H2,1-3H3,(H,11,13). The molecule has 6 heteroatoms. The third-order valence-electron chi connectivity index (χ3n) is 2.05. The van der Waals surface area contributed by atoms with E-state index in [1.54, 1.807) is 20.8 Å². The van der Waals surface area contributed by atoms with Gasteiger partial charge < -0.3 is 9.64 Å². The molecule has 0 aliphatic carbocycles. The van der Waals surface area contributed by atoms with Crippen molar-refractivity contribution < 1.29 is 14.3 Å². The Morgan fingerprint density at radius 3 is 2.33 bits per heavy atom. The van der Waals surface area contributed by atoms with E-state index in [4.69, 9.17) is 10.6 Å². The van der Waals surface area contributed by atoms with Crippen LogP contribution in [0.3, 0.4) is 0 Å². The molecule has 0 radical (unpaired) electrons. The average molecular weight is 215 g/mol. The van der Waals surface area contributed by atoms with Crippen molar-refractivity contribution in [3.63, 3.8) is 0 Å². The zero-order valence-electron chi connectivity index (χ0n) is 9.24. The van der Waals surface area contributed by atoms with Gasteiger partial charge in [0.15, 0.2) is 0 Å². The summed E-state index contributed by atoms with van der Waals surface area (Å²) in [5.74, 6) is 4.52. The molecule has 0 saturated carbocycles. The van der Waals surface area contributed by atoms with Gasteiger partial charge in [-0.2, -0.15) is 0 Å². The Morgan fingerprint density at radius 1 is 1.40 bits per heavy atom. The Labute approximate surface area is 88.7 Å². The summed E-state index contributed by atoms with van der Waals surface area (Å²) in [4.78, 5) is 23.9. The lowest BCUT2D eigenvalue weighted by molar-refractivity contribution is -0.129. The summed E-state index contributed by atoms with van der Waals surface area (Å²) in [6.45, 7) is 6.15. The molecule has 6 nitrogen and oxygen atoms in total. The molecular formula is C9H17N3O3. The van der Waals surface area contributed by atoms with E-state index in [1.165, 1.54) is 4.90 Å². The molecule has 0 atom stereocenters. The predicted octanol–water partition coefficient (Wildman–Crippen LogP) is -0.157. The second-order valence-corrected chi connectivity index (χ2v) is 4.59. The molecule has 0 spiro atoms. The van der Waals surface area contributed by atoms with Crippen LogP contribution in [-0.4, -0.2) is 35.6 Å². The summed E-state index contributed by atoms with van der Waals surface area (Å²) in [6.07, 6.45) is -0.386. The second-order valence-electron chi connectivity index (χ2n) is 4.59. The molecule has 0 bridgehead atoms. The Kier molecular flexibility index (Phi) is 3.18. The number of hydrogen-bond acceptors (Lipinski definition) is 4. The molecule has 0 unspecified atom stereocenters. The van der Waals surface area contributed by atoms with Crippen LogP contribution in [0.5, 0.6) is 0 Å². The molecule has 2 amide bonds. The second kappa shape index (κ2) is 4.06. The van der Waals surface area contributed by atoms with Crippen molar-refractivity contribution in [1.82, 2.24) is 10.3 Å². The van der Waals surface area contributed by atoms with Gasteiger partial charge >= 0.3 is 6.09 Å². The van der Waals surface area contributed by atoms with Gasteiger partial charge in [0.1, 0.15) is 5.60 Å². The van der Waals surface area contributed by atoms with E-state index in [0.29, 0.717) is 13.1 Å². The zero-order chi connectivity index (χ0) is 11.6. The summed E-state index contributed by atoms with van der Waals surface area (Å²) in [5.41, 5.74) is 1.56. The molecule has 15 heavy (non-hydrogen) atoms. The maximum Gasteiger partial charge on any atom is 0.410 e. The van der Waals surface area contributed by atoms with Crippen molar-refractivity contribution in [2.45, 2.75) is 26.4 Å². The van der Waals surface area contributed by atoms with E-state index < -0.39 is 5.60 Å². The van der Waals surface area contributed by atoms with Crippen LogP contribution in [0.1, 0.15) is 20.8 Å². The van der Waals surface area contributed by atoms with Crippen LogP contribution in [0, 0.1) is 5.92 Å². The SMILES string of the molecule is CC(C)(C)OC(=O)N1CC(C(=O)NN)C1. The number of rotatable bonds is 1. The molecule has 1 saturated heterocycles. The van der Waals surface area contributed by atoms with Gasteiger partial charge in [0.05, 0.1) is 5.92 Å². The Hall–Kier alpha value is -1.30. The number of hydrazine groups is 1. The lowest BCUT2D eigenvalue weighted by Crippen LogP contribution is -2.57. The number of likely N-dealkylation sites (tertiary alicyclic amines) is 1. The molecular weight excluding hydrogens is 198 g/mol. The van der Waals surface area contributed by atoms with Crippen LogP contribution < -0.4 is 11.3 Å². The third-order valence-corrected chi connectivity index (χ3v) is 2.05. The van der Waals surface area contributed by atoms with Crippen LogP contribution in [0.15, 0.2) is 0 Å². The van der Waals surface area contributed by atoms with Crippen molar-refractivity contribution in [2.24, 2.45) is 11.8 Å². The number of carbonyl (C=O) groups is 2. The molecule has 1 heterocycles. The minimum atomic E-state index is -0.502. The predicted molar refractivity (Wildman–Crippen MR) is 53.6 cm³/mol. The molecule has 1 rings (SSSR count). The van der Waals surface area contributed by atoms with Crippen molar-refractivity contribution in [1.29, 1.82) is 0 Å². The number of nitrogens with zero attached hydrogens (tertiary/aromatic N) is 1. The maximum atomic E-state index is 11.4. The highest BCUT2D eigenvalue weighted by Gasteiger charge is 2.37. The highest BCUT2D eigenvalue weighted by atomic mass is 16.6. The van der Waals surface area contributed by atoms with Gasteiger partial charge in [-0.25, -0.2) is 10.6 Å². The summed E-state index contributed by atoms with van der Waals surface area (Å²) < 4.78 is 5.13. The zero-order valence-corrected chi connectivity index (χ0v) is 9.24. The van der Waals surface area contributed by atoms with Crippen molar-refractivity contribution in [2.75, 3.05) is 13.1 Å². The van der Waals surface area contributed by atoms with E-state index >= 15 is 0 Å². The summed E-state index contributed by atoms with van der Waals surface area (Å²) in [6, 6.07) is 0. The molecule has 0 aromatic heterocycles. The molecule has 3 N–H and O–H groups in total. The third kappa shape index (κ3) is 3.09. The Bertz CT molecular complexity index is 266. The van der Waals surface area contributed by atoms with Crippen LogP contribution in [0.2, 0.25) is 0 Å². The van der Waals surface area contributed by atoms with Gasteiger partial charge in [-0.3, -0.25) is 10.2 Å². The first kappa shape index (κ1) is 11.8. The number of nitrogens with one attached hydrogen (secondary N) is 1. The van der Waals surface area contributed by atoms with Gasteiger partial charge in [0, 0.05) is 13.1 Å². The normalized spacial score (nSPS) is 16.9. The molecule has 86 valence electrons. The molecule has 1 fully saturated rings. The summed E-state index contributed by atoms with van der Waals surface area (Å²) in [7, 11) is 0. The lowest BCUT2D eigenvalue weighted by atomic mass is 10.0. The van der Waals surface area contributed by atoms with Crippen LogP contribution in [-0.2, 0) is 9.53 Å². The van der Waals surface area contributed by atoms with Gasteiger partial charge in [-0.15, -0.1) is 0 Å². The smallest absolute Gasteiger partial charge is 0.410 e. The number of carbonyl (C=O) groups excluding carboxylic acids is 2. The average Bonchev–Trinajstić information content (AvgIpc) is 1.97. The quantitative estimate of drug-likeness (QED) is 0.362. The molecule has 0 aromatic carbocycles. The van der Waals surface area contributed by atoms with Gasteiger partial charge in [-0.05, 0) is 20.8 Å². The van der Waals surface area contributed by atoms with Gasteiger partial charge in [0.2, 0.25) is 5.91 Å². The fourth-order valence-electron chi connectivity index (χ4n) is 1.24. The highest BCUT2D eigenvalue weighted by molar-refractivity contribution is 5.82. The minimum absolute atomic E-state index is 0.206. The maximum absolute atomic E-state index is 11.4. The van der Waals surface area contributed by atoms with Crippen LogP contribution in [0.25, 0.3) is 0 Å². The van der Waals surface area contributed by atoms with Crippen LogP contribution in [0.4, 0.5) is 4.79 Å². The molecule has 1 aliphatic heterocycles.